The van der Waals surface area contributed by atoms with Gasteiger partial charge in [-0.15, -0.1) is 0 Å². The van der Waals surface area contributed by atoms with E-state index in [2.05, 4.69) is 298 Å². The first kappa shape index (κ1) is 51.9. The lowest BCUT2D eigenvalue weighted by Gasteiger charge is -2.46. The van der Waals surface area contributed by atoms with Gasteiger partial charge in [0.05, 0.1) is 5.69 Å². The number of hydrogen-bond donors (Lipinski definition) is 0. The average molecular weight is 985 g/mol. The highest BCUT2D eigenvalue weighted by Gasteiger charge is 2.45. The number of rotatable bonds is 5. The van der Waals surface area contributed by atoms with Crippen LogP contribution >= 0.6 is 0 Å². The van der Waals surface area contributed by atoms with Gasteiger partial charge >= 0.3 is 0 Å². The van der Waals surface area contributed by atoms with E-state index in [1.807, 2.05) is 0 Å². The van der Waals surface area contributed by atoms with Gasteiger partial charge < -0.3 is 9.80 Å². The van der Waals surface area contributed by atoms with Crippen molar-refractivity contribution >= 4 is 57.2 Å². The maximum atomic E-state index is 2.61. The quantitative estimate of drug-likeness (QED) is 0.159. The Kier molecular flexibility index (Phi) is 12.5. The van der Waals surface area contributed by atoms with Crippen LogP contribution in [0.4, 0.5) is 34.1 Å². The molecule has 0 saturated carbocycles. The molecule has 0 aromatic heterocycles. The third-order valence-electron chi connectivity index (χ3n) is 16.2. The lowest BCUT2D eigenvalue weighted by molar-refractivity contribution is 0.568. The number of para-hydroxylation sites is 1. The van der Waals surface area contributed by atoms with Crippen LogP contribution in [0, 0.1) is 0 Å². The first-order valence-corrected chi connectivity index (χ1v) is 27.6. The molecule has 10 rings (SSSR count). The second kappa shape index (κ2) is 18.0. The summed E-state index contributed by atoms with van der Waals surface area (Å²) in [4.78, 5) is 5.22. The molecule has 0 amide bonds. The molecule has 382 valence electrons. The van der Waals surface area contributed by atoms with Crippen LogP contribution in [-0.4, -0.2) is 6.71 Å². The Hall–Kier alpha value is -6.58. The molecule has 0 spiro atoms. The number of fused-ring (bicyclic) bond motifs is 4. The predicted molar refractivity (Wildman–Crippen MR) is 329 cm³/mol. The maximum absolute atomic E-state index is 2.61. The van der Waals surface area contributed by atoms with Crippen LogP contribution in [0.1, 0.15) is 158 Å². The fraction of sp³-hybridized carbons (Fsp3) is 0.333. The van der Waals surface area contributed by atoms with E-state index in [4.69, 9.17) is 0 Å². The van der Waals surface area contributed by atoms with Crippen molar-refractivity contribution in [2.75, 3.05) is 9.80 Å². The van der Waals surface area contributed by atoms with Gasteiger partial charge in [0, 0.05) is 34.0 Å². The van der Waals surface area contributed by atoms with Crippen molar-refractivity contribution in [1.82, 2.24) is 0 Å². The fourth-order valence-electron chi connectivity index (χ4n) is 11.5. The molecule has 3 heteroatoms. The van der Waals surface area contributed by atoms with E-state index in [0.29, 0.717) is 0 Å². The second-order valence-corrected chi connectivity index (χ2v) is 28.1. The first-order chi connectivity index (χ1) is 35.0. The van der Waals surface area contributed by atoms with Gasteiger partial charge in [0.1, 0.15) is 0 Å². The molecule has 75 heavy (non-hydrogen) atoms. The van der Waals surface area contributed by atoms with Gasteiger partial charge in [0.15, 0.2) is 0 Å². The monoisotopic (exact) mass is 985 g/mol. The normalized spacial score (nSPS) is 13.9. The van der Waals surface area contributed by atoms with E-state index in [1.54, 1.807) is 0 Å². The zero-order valence-electron chi connectivity index (χ0n) is 48.6. The summed E-state index contributed by atoms with van der Waals surface area (Å²) in [5, 5.41) is 0. The van der Waals surface area contributed by atoms with Gasteiger partial charge in [-0.25, -0.2) is 0 Å². The molecule has 2 heterocycles. The molecule has 0 aliphatic carbocycles. The van der Waals surface area contributed by atoms with Crippen LogP contribution in [-0.2, 0) is 32.5 Å². The molecular formula is C72H81BN2. The van der Waals surface area contributed by atoms with Gasteiger partial charge in [0.2, 0.25) is 0 Å². The number of benzene rings is 8. The van der Waals surface area contributed by atoms with Crippen molar-refractivity contribution < 1.29 is 0 Å². The smallest absolute Gasteiger partial charge is 0.252 e. The summed E-state index contributed by atoms with van der Waals surface area (Å²) in [6, 6.07) is 63.8. The van der Waals surface area contributed by atoms with Crippen molar-refractivity contribution in [2.45, 2.75) is 157 Å². The van der Waals surface area contributed by atoms with Crippen LogP contribution in [0.15, 0.2) is 164 Å². The molecule has 8 aromatic rings. The van der Waals surface area contributed by atoms with E-state index < -0.39 is 0 Å². The van der Waals surface area contributed by atoms with Crippen LogP contribution < -0.4 is 26.2 Å². The predicted octanol–water partition coefficient (Wildman–Crippen LogP) is 18.6. The second-order valence-electron chi connectivity index (χ2n) is 28.1. The van der Waals surface area contributed by atoms with E-state index in [-0.39, 0.29) is 39.2 Å². The van der Waals surface area contributed by atoms with Gasteiger partial charge in [-0.3, -0.25) is 0 Å². The molecule has 0 unspecified atom stereocenters. The Bertz CT molecular complexity index is 3450. The molecule has 0 radical (unpaired) electrons. The Morgan fingerprint density at radius 2 is 0.760 bits per heavy atom. The third kappa shape index (κ3) is 9.60. The molecule has 0 saturated heterocycles. The highest BCUT2D eigenvalue weighted by atomic mass is 15.2. The molecule has 0 fully saturated rings. The Balaban J connectivity index is 1.29. The topological polar surface area (TPSA) is 6.48 Å². The van der Waals surface area contributed by atoms with Gasteiger partial charge in [-0.2, -0.15) is 0 Å². The largest absolute Gasteiger partial charge is 0.311 e. The summed E-state index contributed by atoms with van der Waals surface area (Å²) in [6.45, 7) is 42.2. The van der Waals surface area contributed by atoms with Crippen molar-refractivity contribution in [3.63, 3.8) is 0 Å². The van der Waals surface area contributed by atoms with Crippen molar-refractivity contribution in [3.05, 3.63) is 197 Å². The van der Waals surface area contributed by atoms with Crippen LogP contribution in [0.2, 0.25) is 0 Å². The molecule has 0 N–H and O–H groups in total. The number of nitrogens with zero attached hydrogens (tertiary/aromatic N) is 2. The lowest BCUT2D eigenvalue weighted by Crippen LogP contribution is -2.61. The number of hydrogen-bond acceptors (Lipinski definition) is 2. The Morgan fingerprint density at radius 1 is 0.280 bits per heavy atom. The summed E-state index contributed by atoms with van der Waals surface area (Å²) < 4.78 is 0. The molecule has 8 aromatic carbocycles. The first-order valence-electron chi connectivity index (χ1n) is 27.6. The summed E-state index contributed by atoms with van der Waals surface area (Å²) in [7, 11) is 0. The molecular weight excluding hydrogens is 904 g/mol. The molecule has 2 aliphatic rings. The minimum Gasteiger partial charge on any atom is -0.311 e. The zero-order chi connectivity index (χ0) is 53.9. The summed E-state index contributed by atoms with van der Waals surface area (Å²) in [6.07, 6.45) is 0. The molecule has 2 nitrogen and oxygen atoms in total. The van der Waals surface area contributed by atoms with E-state index in [0.717, 1.165) is 5.69 Å². The Labute approximate surface area is 452 Å². The molecule has 0 bridgehead atoms. The zero-order valence-corrected chi connectivity index (χ0v) is 48.6. The standard InChI is InChI=1S/C72H81BN2/c1-67(2,3)50-31-35-56(58(42-50)72(16,17)18)48-30-36-62-59(40-48)73-60-43-51(68(4,5)6)32-37-63(60)75(61-27-23-22-26-57(61)47-24-20-19-21-25-47)65-45-54(71(13,14)15)44-64(66(65)73)74(62)55-33-28-46(29-34-55)49-38-52(69(7,8)9)41-53(39-49)70(10,11)12/h19-45H,1-18H3. The lowest BCUT2D eigenvalue weighted by atomic mass is 9.33. The van der Waals surface area contributed by atoms with Gasteiger partial charge in [-0.05, 0) is 153 Å². The van der Waals surface area contributed by atoms with Gasteiger partial charge in [0.25, 0.3) is 6.71 Å². The summed E-state index contributed by atoms with van der Waals surface area (Å²) >= 11 is 0. The van der Waals surface area contributed by atoms with Gasteiger partial charge in [-0.1, -0.05) is 246 Å². The highest BCUT2D eigenvalue weighted by Crippen LogP contribution is 2.49. The van der Waals surface area contributed by atoms with Crippen LogP contribution in [0.25, 0.3) is 33.4 Å². The van der Waals surface area contributed by atoms with E-state index in [1.165, 1.54) is 112 Å². The van der Waals surface area contributed by atoms with Crippen molar-refractivity contribution in [1.29, 1.82) is 0 Å². The minimum absolute atomic E-state index is 0.0179. The van der Waals surface area contributed by atoms with E-state index >= 15 is 0 Å². The molecule has 0 atom stereocenters. The Morgan fingerprint density at radius 3 is 1.35 bits per heavy atom. The van der Waals surface area contributed by atoms with Crippen molar-refractivity contribution in [3.8, 4) is 33.4 Å². The SMILES string of the molecule is CC(C)(C)c1cc(-c2ccc(N3c4ccc(-c5ccc(C(C)(C)C)cc5C(C)(C)C)cc4B4c5cc(C(C)(C)C)ccc5N(c5ccccc5-c5ccccc5)c5cc(C(C)(C)C)cc3c54)cc2)cc(C(C)(C)C)c1. The van der Waals surface area contributed by atoms with E-state index in [9.17, 15) is 0 Å². The fourth-order valence-corrected chi connectivity index (χ4v) is 11.5. The van der Waals surface area contributed by atoms with Crippen LogP contribution in [0.5, 0.6) is 0 Å². The number of anilines is 6. The van der Waals surface area contributed by atoms with Crippen LogP contribution in [0.3, 0.4) is 0 Å². The third-order valence-corrected chi connectivity index (χ3v) is 16.2. The summed E-state index contributed by atoms with van der Waals surface area (Å²) in [5.74, 6) is 0. The summed E-state index contributed by atoms with van der Waals surface area (Å²) in [5.41, 5.74) is 26.6. The average Bonchev–Trinajstić information content (AvgIpc) is 3.34. The maximum Gasteiger partial charge on any atom is 0.252 e. The van der Waals surface area contributed by atoms with Crippen molar-refractivity contribution in [2.24, 2.45) is 0 Å². The highest BCUT2D eigenvalue weighted by molar-refractivity contribution is 7.00. The molecule has 2 aliphatic heterocycles. The minimum atomic E-state index is -0.146.